The third-order valence-corrected chi connectivity index (χ3v) is 7.85. The van der Waals surface area contributed by atoms with E-state index in [1.165, 1.54) is 7.11 Å². The van der Waals surface area contributed by atoms with Crippen molar-refractivity contribution in [3.8, 4) is 17.4 Å². The molecule has 8 heteroatoms. The molecule has 1 aliphatic heterocycles. The number of piperidine rings is 1. The highest BCUT2D eigenvalue weighted by atomic mass is 16.5. The number of aromatic nitrogens is 1. The van der Waals surface area contributed by atoms with E-state index in [2.05, 4.69) is 10.1 Å². The second kappa shape index (κ2) is 11.4. The zero-order chi connectivity index (χ0) is 25.7. The molecule has 0 radical (unpaired) electrons. The lowest BCUT2D eigenvalue weighted by atomic mass is 9.84. The van der Waals surface area contributed by atoms with E-state index in [9.17, 15) is 4.79 Å². The number of fused-ring (bicyclic) bond motifs is 1. The Labute approximate surface area is 217 Å². The summed E-state index contributed by atoms with van der Waals surface area (Å²) in [6, 6.07) is 13.5. The average molecular weight is 509 g/mol. The fourth-order valence-electron chi connectivity index (χ4n) is 5.67. The molecule has 1 aliphatic carbocycles. The first-order valence-corrected chi connectivity index (χ1v) is 13.2. The molecule has 0 N–H and O–H groups in total. The largest absolute Gasteiger partial charge is 0.497 e. The Balaban J connectivity index is 1.16. The van der Waals surface area contributed by atoms with Crippen LogP contribution in [0.1, 0.15) is 44.1 Å². The second-order valence-electron chi connectivity index (χ2n) is 10.3. The monoisotopic (exact) mass is 508 g/mol. The summed E-state index contributed by atoms with van der Waals surface area (Å²) in [5.74, 6) is 2.35. The number of methoxy groups -OCH3 is 2. The Morgan fingerprint density at radius 1 is 1.05 bits per heavy atom. The maximum Gasteiger partial charge on any atom is 0.313 e. The molecular weight excluding hydrogens is 472 g/mol. The first-order valence-electron chi connectivity index (χ1n) is 13.2. The maximum absolute atomic E-state index is 12.5. The Hall–Kier alpha value is -3.26. The van der Waals surface area contributed by atoms with Gasteiger partial charge in [-0.05, 0) is 79.7 Å². The van der Waals surface area contributed by atoms with Gasteiger partial charge in [-0.2, -0.15) is 0 Å². The van der Waals surface area contributed by atoms with Crippen LogP contribution in [0.4, 0.5) is 0 Å². The van der Waals surface area contributed by atoms with Gasteiger partial charge in [-0.15, -0.1) is 0 Å². The smallest absolute Gasteiger partial charge is 0.313 e. The molecule has 2 aromatic carbocycles. The van der Waals surface area contributed by atoms with E-state index < -0.39 is 0 Å². The Morgan fingerprint density at radius 3 is 2.51 bits per heavy atom. The summed E-state index contributed by atoms with van der Waals surface area (Å²) in [7, 11) is 3.16. The third-order valence-electron chi connectivity index (χ3n) is 7.85. The van der Waals surface area contributed by atoms with Crippen LogP contribution in [0, 0.1) is 11.3 Å². The topological polar surface area (TPSA) is 83.3 Å². The third kappa shape index (κ3) is 5.69. The van der Waals surface area contributed by atoms with Gasteiger partial charge in [0.05, 0.1) is 26.2 Å². The van der Waals surface area contributed by atoms with Crippen molar-refractivity contribution >= 4 is 16.9 Å². The molecule has 2 aliphatic rings. The molecule has 0 atom stereocenters. The van der Waals surface area contributed by atoms with E-state index in [0.717, 1.165) is 74.9 Å². The summed E-state index contributed by atoms with van der Waals surface area (Å²) in [4.78, 5) is 14.9. The minimum absolute atomic E-state index is 0.0432. The highest BCUT2D eigenvalue weighted by molar-refractivity contribution is 5.88. The lowest BCUT2D eigenvalue weighted by molar-refractivity contribution is -0.154. The van der Waals surface area contributed by atoms with Gasteiger partial charge in [0.25, 0.3) is 5.88 Å². The molecule has 37 heavy (non-hydrogen) atoms. The fourth-order valence-corrected chi connectivity index (χ4v) is 5.67. The van der Waals surface area contributed by atoms with Crippen LogP contribution in [-0.4, -0.2) is 56.5 Å². The average Bonchev–Trinajstić information content (AvgIpc) is 3.59. The highest BCUT2D eigenvalue weighted by Crippen LogP contribution is 2.41. The summed E-state index contributed by atoms with van der Waals surface area (Å²) in [5, 5.41) is 4.94. The zero-order valence-electron chi connectivity index (χ0n) is 21.7. The van der Waals surface area contributed by atoms with Gasteiger partial charge in [0, 0.05) is 6.54 Å². The molecule has 1 saturated carbocycles. The number of benzene rings is 2. The minimum atomic E-state index is -0.320. The van der Waals surface area contributed by atoms with Gasteiger partial charge in [-0.3, -0.25) is 4.79 Å². The van der Waals surface area contributed by atoms with Crippen LogP contribution in [0.15, 0.2) is 47.0 Å². The minimum Gasteiger partial charge on any atom is -0.497 e. The van der Waals surface area contributed by atoms with E-state index in [1.54, 1.807) is 7.11 Å². The molecule has 3 aromatic rings. The SMILES string of the molecule is COC(=O)C1(CN2CCC(COc3noc4cccc(OCc5ccc(OC)cc5)c34)CC2)CCCC1. The van der Waals surface area contributed by atoms with Crippen molar-refractivity contribution in [3.63, 3.8) is 0 Å². The van der Waals surface area contributed by atoms with E-state index in [0.29, 0.717) is 36.3 Å². The molecule has 198 valence electrons. The molecule has 1 aromatic heterocycles. The van der Waals surface area contributed by atoms with Crippen LogP contribution in [0.2, 0.25) is 0 Å². The van der Waals surface area contributed by atoms with Gasteiger partial charge in [0.1, 0.15) is 23.5 Å². The Bertz CT molecular complexity index is 1180. The number of ether oxygens (including phenoxy) is 4. The highest BCUT2D eigenvalue weighted by Gasteiger charge is 2.43. The molecule has 2 fully saturated rings. The second-order valence-corrected chi connectivity index (χ2v) is 10.3. The number of carbonyl (C=O) groups excluding carboxylic acids is 1. The van der Waals surface area contributed by atoms with E-state index in [4.69, 9.17) is 23.5 Å². The maximum atomic E-state index is 12.5. The van der Waals surface area contributed by atoms with Crippen LogP contribution in [-0.2, 0) is 16.1 Å². The lowest BCUT2D eigenvalue weighted by Gasteiger charge is -2.37. The van der Waals surface area contributed by atoms with Crippen LogP contribution >= 0.6 is 0 Å². The normalized spacial score (nSPS) is 18.1. The predicted octanol–water partition coefficient (Wildman–Crippen LogP) is 5.24. The van der Waals surface area contributed by atoms with Gasteiger partial charge in [-0.25, -0.2) is 0 Å². The van der Waals surface area contributed by atoms with Crippen LogP contribution in [0.5, 0.6) is 17.4 Å². The summed E-state index contributed by atoms with van der Waals surface area (Å²) in [6.07, 6.45) is 6.13. The summed E-state index contributed by atoms with van der Waals surface area (Å²) >= 11 is 0. The van der Waals surface area contributed by atoms with E-state index >= 15 is 0 Å². The van der Waals surface area contributed by atoms with Crippen molar-refractivity contribution in [1.29, 1.82) is 0 Å². The number of esters is 1. The summed E-state index contributed by atoms with van der Waals surface area (Å²) in [6.45, 7) is 3.71. The molecule has 0 spiro atoms. The molecule has 0 unspecified atom stereocenters. The number of hydrogen-bond donors (Lipinski definition) is 0. The van der Waals surface area contributed by atoms with Crippen molar-refractivity contribution in [1.82, 2.24) is 10.1 Å². The molecular formula is C29H36N2O6. The lowest BCUT2D eigenvalue weighted by Crippen LogP contribution is -2.45. The summed E-state index contributed by atoms with van der Waals surface area (Å²) < 4.78 is 28.2. The van der Waals surface area contributed by atoms with Gasteiger partial charge in [0.15, 0.2) is 5.58 Å². The number of likely N-dealkylation sites (tertiary alicyclic amines) is 1. The molecule has 5 rings (SSSR count). The number of carbonyl (C=O) groups is 1. The van der Waals surface area contributed by atoms with Crippen molar-refractivity contribution in [2.75, 3.05) is 40.5 Å². The quantitative estimate of drug-likeness (QED) is 0.344. The van der Waals surface area contributed by atoms with E-state index in [-0.39, 0.29) is 11.4 Å². The zero-order valence-corrected chi connectivity index (χ0v) is 21.7. The standard InChI is InChI=1S/C29H36N2O6/c1-33-23-10-8-21(9-11-23)18-35-24-6-5-7-25-26(24)27(30-37-25)36-19-22-12-16-31(17-13-22)20-29(28(32)34-2)14-3-4-15-29/h5-11,22H,3-4,12-20H2,1-2H3. The molecule has 0 amide bonds. The first-order chi connectivity index (χ1) is 18.1. The summed E-state index contributed by atoms with van der Waals surface area (Å²) in [5.41, 5.74) is 1.36. The van der Waals surface area contributed by atoms with Crippen molar-refractivity contribution in [2.45, 2.75) is 45.1 Å². The first kappa shape index (κ1) is 25.4. The molecule has 2 heterocycles. The fraction of sp³-hybridized carbons (Fsp3) is 0.517. The van der Waals surface area contributed by atoms with Crippen molar-refractivity contribution < 1.29 is 28.3 Å². The molecule has 1 saturated heterocycles. The van der Waals surface area contributed by atoms with Gasteiger partial charge >= 0.3 is 5.97 Å². The van der Waals surface area contributed by atoms with Gasteiger partial charge in [0.2, 0.25) is 0 Å². The predicted molar refractivity (Wildman–Crippen MR) is 139 cm³/mol. The van der Waals surface area contributed by atoms with Crippen LogP contribution in [0.3, 0.4) is 0 Å². The van der Waals surface area contributed by atoms with E-state index in [1.807, 2.05) is 42.5 Å². The number of nitrogens with zero attached hydrogens (tertiary/aromatic N) is 2. The van der Waals surface area contributed by atoms with Crippen molar-refractivity contribution in [3.05, 3.63) is 48.0 Å². The molecule has 0 bridgehead atoms. The Kier molecular flexibility index (Phi) is 7.84. The number of hydrogen-bond acceptors (Lipinski definition) is 8. The van der Waals surface area contributed by atoms with Crippen LogP contribution in [0.25, 0.3) is 11.0 Å². The van der Waals surface area contributed by atoms with Crippen molar-refractivity contribution in [2.24, 2.45) is 11.3 Å². The van der Waals surface area contributed by atoms with Crippen LogP contribution < -0.4 is 14.2 Å². The van der Waals surface area contributed by atoms with Gasteiger partial charge in [-0.1, -0.05) is 31.0 Å². The Morgan fingerprint density at radius 2 is 1.81 bits per heavy atom. The van der Waals surface area contributed by atoms with Gasteiger partial charge < -0.3 is 28.4 Å². The number of rotatable bonds is 10. The molecule has 8 nitrogen and oxygen atoms in total.